The molecule has 2 rings (SSSR count). The fraction of sp³-hybridized carbons (Fsp3) is 0.455. The lowest BCUT2D eigenvalue weighted by Crippen LogP contribution is -2.26. The Labute approximate surface area is 84.1 Å². The van der Waals surface area contributed by atoms with Crippen molar-refractivity contribution in [2.75, 3.05) is 12.1 Å². The molecule has 0 heterocycles. The number of nitrogens with two attached hydrogens (primary N) is 1. The molecule has 0 aliphatic heterocycles. The predicted octanol–water partition coefficient (Wildman–Crippen LogP) is 1.37. The molecular weight excluding hydrogens is 176 g/mol. The van der Waals surface area contributed by atoms with E-state index in [9.17, 15) is 5.11 Å². The average molecular weight is 192 g/mol. The molecule has 1 aromatic carbocycles. The summed E-state index contributed by atoms with van der Waals surface area (Å²) in [4.78, 5) is 0. The second-order valence-corrected chi connectivity index (χ2v) is 3.89. The first-order valence-corrected chi connectivity index (χ1v) is 4.95. The van der Waals surface area contributed by atoms with Gasteiger partial charge in [0.05, 0.1) is 12.3 Å². The maximum absolute atomic E-state index is 9.34. The Kier molecular flexibility index (Phi) is 2.44. The van der Waals surface area contributed by atoms with E-state index in [2.05, 4.69) is 6.07 Å². The summed E-state index contributed by atoms with van der Waals surface area (Å²) in [6, 6.07) is 6.04. The van der Waals surface area contributed by atoms with Gasteiger partial charge in [-0.3, -0.25) is 0 Å². The number of aliphatic hydroxyl groups is 1. The van der Waals surface area contributed by atoms with E-state index in [1.165, 1.54) is 18.4 Å². The molecule has 1 aromatic rings. The van der Waals surface area contributed by atoms with Gasteiger partial charge in [-0.15, -0.1) is 0 Å². The molecule has 0 atom stereocenters. The molecule has 0 amide bonds. The zero-order chi connectivity index (χ0) is 10.1. The van der Waals surface area contributed by atoms with Crippen molar-refractivity contribution in [3.05, 3.63) is 29.3 Å². The monoisotopic (exact) mass is 192 g/mol. The summed E-state index contributed by atoms with van der Waals surface area (Å²) in [5.41, 5.74) is 3.18. The smallest absolute Gasteiger partial charge is 0.0705 e. The van der Waals surface area contributed by atoms with Crippen LogP contribution in [0.15, 0.2) is 18.2 Å². The Morgan fingerprint density at radius 2 is 2.21 bits per heavy atom. The van der Waals surface area contributed by atoms with Crippen LogP contribution >= 0.6 is 0 Å². The molecule has 3 heteroatoms. The number of aliphatic hydroxyl groups excluding tert-OH is 1. The standard InChI is InChI=1S/C11H16N2O/c1-13(12)11-4-2-3-9(8-5-6-8)10(11)7-14/h2-4,8,14H,5-7,12H2,1H3. The van der Waals surface area contributed by atoms with Crippen molar-refractivity contribution in [1.82, 2.24) is 0 Å². The topological polar surface area (TPSA) is 49.5 Å². The van der Waals surface area contributed by atoms with Crippen molar-refractivity contribution in [3.8, 4) is 0 Å². The molecule has 1 aliphatic rings. The van der Waals surface area contributed by atoms with Gasteiger partial charge in [-0.1, -0.05) is 12.1 Å². The maximum Gasteiger partial charge on any atom is 0.0705 e. The lowest BCUT2D eigenvalue weighted by Gasteiger charge is -2.18. The van der Waals surface area contributed by atoms with Crippen LogP contribution in [0.4, 0.5) is 5.69 Å². The molecule has 0 unspecified atom stereocenters. The molecule has 76 valence electrons. The lowest BCUT2D eigenvalue weighted by atomic mass is 10.0. The Balaban J connectivity index is 2.44. The van der Waals surface area contributed by atoms with E-state index in [0.717, 1.165) is 11.3 Å². The highest BCUT2D eigenvalue weighted by molar-refractivity contribution is 5.56. The van der Waals surface area contributed by atoms with Crippen LogP contribution in [-0.4, -0.2) is 12.2 Å². The first kappa shape index (κ1) is 9.49. The van der Waals surface area contributed by atoms with E-state index in [1.54, 1.807) is 12.1 Å². The third kappa shape index (κ3) is 1.61. The molecule has 14 heavy (non-hydrogen) atoms. The minimum absolute atomic E-state index is 0.0730. The second-order valence-electron chi connectivity index (χ2n) is 3.89. The molecule has 1 saturated carbocycles. The fourth-order valence-electron chi connectivity index (χ4n) is 1.87. The highest BCUT2D eigenvalue weighted by Gasteiger charge is 2.26. The molecule has 0 spiro atoms. The Hall–Kier alpha value is -1.06. The third-order valence-electron chi connectivity index (χ3n) is 2.74. The minimum Gasteiger partial charge on any atom is -0.392 e. The van der Waals surface area contributed by atoms with E-state index >= 15 is 0 Å². The van der Waals surface area contributed by atoms with Crippen molar-refractivity contribution in [2.45, 2.75) is 25.4 Å². The molecule has 0 bridgehead atoms. The summed E-state index contributed by atoms with van der Waals surface area (Å²) in [5.74, 6) is 6.35. The van der Waals surface area contributed by atoms with E-state index in [1.807, 2.05) is 12.1 Å². The number of hydrazine groups is 1. The quantitative estimate of drug-likeness (QED) is 0.561. The van der Waals surface area contributed by atoms with Crippen molar-refractivity contribution >= 4 is 5.69 Å². The second kappa shape index (κ2) is 3.59. The molecule has 0 aromatic heterocycles. The molecule has 3 N–H and O–H groups in total. The Bertz CT molecular complexity index is 312. The van der Waals surface area contributed by atoms with Gasteiger partial charge in [0.1, 0.15) is 0 Å². The van der Waals surface area contributed by atoms with Gasteiger partial charge >= 0.3 is 0 Å². The van der Waals surface area contributed by atoms with Crippen LogP contribution in [0.2, 0.25) is 0 Å². The number of nitrogens with zero attached hydrogens (tertiary/aromatic N) is 1. The molecule has 1 aliphatic carbocycles. The van der Waals surface area contributed by atoms with E-state index < -0.39 is 0 Å². The summed E-state index contributed by atoms with van der Waals surface area (Å²) in [6.07, 6.45) is 2.48. The maximum atomic E-state index is 9.34. The van der Waals surface area contributed by atoms with E-state index in [-0.39, 0.29) is 6.61 Å². The van der Waals surface area contributed by atoms with Crippen LogP contribution in [0.3, 0.4) is 0 Å². The van der Waals surface area contributed by atoms with Gasteiger partial charge in [0.15, 0.2) is 0 Å². The summed E-state index contributed by atoms with van der Waals surface area (Å²) >= 11 is 0. The SMILES string of the molecule is CN(N)c1cccc(C2CC2)c1CO. The van der Waals surface area contributed by atoms with Crippen LogP contribution in [0.1, 0.15) is 29.9 Å². The molecule has 1 fully saturated rings. The van der Waals surface area contributed by atoms with Crippen LogP contribution < -0.4 is 10.9 Å². The highest BCUT2D eigenvalue weighted by Crippen LogP contribution is 2.43. The van der Waals surface area contributed by atoms with Gasteiger partial charge in [-0.2, -0.15) is 0 Å². The molecular formula is C11H16N2O. The zero-order valence-electron chi connectivity index (χ0n) is 8.40. The van der Waals surface area contributed by atoms with Crippen molar-refractivity contribution in [1.29, 1.82) is 0 Å². The van der Waals surface area contributed by atoms with Crippen molar-refractivity contribution < 1.29 is 5.11 Å². The lowest BCUT2D eigenvalue weighted by molar-refractivity contribution is 0.281. The van der Waals surface area contributed by atoms with Gasteiger partial charge in [-0.25, -0.2) is 5.84 Å². The summed E-state index contributed by atoms with van der Waals surface area (Å²) in [7, 11) is 1.80. The van der Waals surface area contributed by atoms with E-state index in [0.29, 0.717) is 5.92 Å². The number of hydrogen-bond donors (Lipinski definition) is 2. The van der Waals surface area contributed by atoms with Crippen LogP contribution in [0, 0.1) is 0 Å². The Morgan fingerprint density at radius 3 is 2.71 bits per heavy atom. The van der Waals surface area contributed by atoms with Crippen molar-refractivity contribution in [2.24, 2.45) is 5.84 Å². The summed E-state index contributed by atoms with van der Waals surface area (Å²) < 4.78 is 0. The van der Waals surface area contributed by atoms with Gasteiger partial charge in [-0.05, 0) is 30.4 Å². The van der Waals surface area contributed by atoms with E-state index in [4.69, 9.17) is 5.84 Å². The first-order chi connectivity index (χ1) is 6.74. The van der Waals surface area contributed by atoms with Crippen LogP contribution in [0.5, 0.6) is 0 Å². The molecule has 0 saturated heterocycles. The fourth-order valence-corrected chi connectivity index (χ4v) is 1.87. The number of hydrogen-bond acceptors (Lipinski definition) is 3. The van der Waals surface area contributed by atoms with Gasteiger partial charge in [0.25, 0.3) is 0 Å². The number of anilines is 1. The normalized spacial score (nSPS) is 15.6. The van der Waals surface area contributed by atoms with Gasteiger partial charge in [0, 0.05) is 12.6 Å². The minimum atomic E-state index is 0.0730. The average Bonchev–Trinajstić information content (AvgIpc) is 2.99. The zero-order valence-corrected chi connectivity index (χ0v) is 8.40. The molecule has 3 nitrogen and oxygen atoms in total. The largest absolute Gasteiger partial charge is 0.392 e. The third-order valence-corrected chi connectivity index (χ3v) is 2.74. The van der Waals surface area contributed by atoms with Gasteiger partial charge < -0.3 is 10.1 Å². The van der Waals surface area contributed by atoms with Crippen LogP contribution in [-0.2, 0) is 6.61 Å². The number of rotatable bonds is 3. The summed E-state index contributed by atoms with van der Waals surface area (Å²) in [5, 5.41) is 10.9. The Morgan fingerprint density at radius 1 is 1.50 bits per heavy atom. The van der Waals surface area contributed by atoms with Crippen molar-refractivity contribution in [3.63, 3.8) is 0 Å². The number of benzene rings is 1. The van der Waals surface area contributed by atoms with Crippen LogP contribution in [0.25, 0.3) is 0 Å². The highest BCUT2D eigenvalue weighted by atomic mass is 16.3. The first-order valence-electron chi connectivity index (χ1n) is 4.95. The molecule has 0 radical (unpaired) electrons. The van der Waals surface area contributed by atoms with Gasteiger partial charge in [0.2, 0.25) is 0 Å². The predicted molar refractivity (Wildman–Crippen MR) is 56.9 cm³/mol. The summed E-state index contributed by atoms with van der Waals surface area (Å²) in [6.45, 7) is 0.0730.